The average Bonchev–Trinajstić information content (AvgIpc) is 2.65. The maximum absolute atomic E-state index is 14.8. The van der Waals surface area contributed by atoms with Crippen molar-refractivity contribution in [2.24, 2.45) is 0 Å². The van der Waals surface area contributed by atoms with Gasteiger partial charge < -0.3 is 0 Å². The molecule has 0 N–H and O–H groups in total. The molecular weight excluding hydrogens is 358 g/mol. The van der Waals surface area contributed by atoms with Gasteiger partial charge in [0.25, 0.3) is 0 Å². The van der Waals surface area contributed by atoms with Crippen LogP contribution >= 0.6 is 0 Å². The van der Waals surface area contributed by atoms with Crippen molar-refractivity contribution >= 4 is 5.78 Å². The van der Waals surface area contributed by atoms with Crippen molar-refractivity contribution < 1.29 is 22.7 Å². The summed E-state index contributed by atoms with van der Waals surface area (Å²) in [5, 5.41) is 0. The first-order valence-corrected chi connectivity index (χ1v) is 9.37. The van der Waals surface area contributed by atoms with Gasteiger partial charge in [0.1, 0.15) is 17.6 Å². The van der Waals surface area contributed by atoms with Gasteiger partial charge in [0.05, 0.1) is 5.56 Å². The first-order chi connectivity index (χ1) is 13.4. The molecule has 0 radical (unpaired) electrons. The Kier molecular flexibility index (Phi) is 4.53. The van der Waals surface area contributed by atoms with Crippen LogP contribution in [0, 0.1) is 18.6 Å². The number of fused-ring (bicyclic) bond motifs is 3. The number of Topliss-reactive ketones (excluding diaryl/α,β-unsaturated/α-hetero) is 1. The average molecular weight is 380 g/mol. The highest BCUT2D eigenvalue weighted by Gasteiger charge is 2.41. The Morgan fingerprint density at radius 2 is 1.89 bits per heavy atom. The van der Waals surface area contributed by atoms with Gasteiger partial charge in [0.15, 0.2) is 25.0 Å². The minimum atomic E-state index is -0.585. The zero-order valence-corrected chi connectivity index (χ0v) is 16.1. The van der Waals surface area contributed by atoms with Gasteiger partial charge in [-0.05, 0) is 37.1 Å². The van der Waals surface area contributed by atoms with E-state index in [-0.39, 0.29) is 17.7 Å². The van der Waals surface area contributed by atoms with Gasteiger partial charge in [-0.3, -0.25) is 4.79 Å². The van der Waals surface area contributed by atoms with Crippen molar-refractivity contribution in [3.8, 4) is 11.3 Å². The fourth-order valence-electron chi connectivity index (χ4n) is 4.19. The molecule has 1 aliphatic rings. The molecule has 0 saturated heterocycles. The molecule has 28 heavy (non-hydrogen) atoms. The zero-order valence-electron chi connectivity index (χ0n) is 16.1. The molecule has 0 bridgehead atoms. The Balaban J connectivity index is 1.89. The van der Waals surface area contributed by atoms with E-state index in [1.54, 1.807) is 0 Å². The molecule has 0 amide bonds. The first kappa shape index (κ1) is 18.4. The summed E-state index contributed by atoms with van der Waals surface area (Å²) in [6, 6.07) is 11.7. The number of pyridine rings is 2. The third-order valence-electron chi connectivity index (χ3n) is 5.60. The number of aromatic nitrogens is 2. The Morgan fingerprint density at radius 3 is 2.64 bits per heavy atom. The lowest BCUT2D eigenvalue weighted by Gasteiger charge is -2.27. The van der Waals surface area contributed by atoms with Gasteiger partial charge in [0.2, 0.25) is 17.2 Å². The van der Waals surface area contributed by atoms with Crippen LogP contribution in [-0.4, -0.2) is 5.78 Å². The molecule has 2 atom stereocenters. The lowest BCUT2D eigenvalue weighted by atomic mass is 9.83. The van der Waals surface area contributed by atoms with Gasteiger partial charge in [-0.1, -0.05) is 0 Å². The van der Waals surface area contributed by atoms with Crippen LogP contribution < -0.4 is 9.13 Å². The summed E-state index contributed by atoms with van der Waals surface area (Å²) in [5.74, 6) is -1.37. The SMILES string of the molecule is CC(=O)c1cc(C)cc[n+]1CC1c2cc(F)cc(F)c2-c2cccc[n+]2C1C. The molecule has 1 aliphatic heterocycles. The molecule has 2 aromatic heterocycles. The zero-order chi connectivity index (χ0) is 20.0. The van der Waals surface area contributed by atoms with Crippen molar-refractivity contribution in [3.05, 3.63) is 83.3 Å². The van der Waals surface area contributed by atoms with Gasteiger partial charge in [-0.25, -0.2) is 8.78 Å². The van der Waals surface area contributed by atoms with E-state index in [1.165, 1.54) is 13.0 Å². The highest BCUT2D eigenvalue weighted by Crippen LogP contribution is 2.39. The predicted molar refractivity (Wildman–Crippen MR) is 101 cm³/mol. The van der Waals surface area contributed by atoms with Crippen LogP contribution in [0.4, 0.5) is 8.78 Å². The quantitative estimate of drug-likeness (QED) is 0.497. The van der Waals surface area contributed by atoms with Crippen LogP contribution in [0.3, 0.4) is 0 Å². The summed E-state index contributed by atoms with van der Waals surface area (Å²) in [7, 11) is 0. The molecule has 0 saturated carbocycles. The maximum atomic E-state index is 14.8. The maximum Gasteiger partial charge on any atom is 0.248 e. The second kappa shape index (κ2) is 6.89. The van der Waals surface area contributed by atoms with E-state index < -0.39 is 11.6 Å². The molecule has 4 rings (SSSR count). The van der Waals surface area contributed by atoms with E-state index in [9.17, 15) is 13.6 Å². The number of hydrogen-bond acceptors (Lipinski definition) is 1. The third-order valence-corrected chi connectivity index (χ3v) is 5.60. The van der Waals surface area contributed by atoms with E-state index in [0.29, 0.717) is 23.4 Å². The molecule has 1 aromatic carbocycles. The van der Waals surface area contributed by atoms with Gasteiger partial charge >= 0.3 is 0 Å². The van der Waals surface area contributed by atoms with E-state index in [1.807, 2.05) is 65.7 Å². The molecule has 0 spiro atoms. The summed E-state index contributed by atoms with van der Waals surface area (Å²) in [6.07, 6.45) is 3.80. The number of aryl methyl sites for hydroxylation is 1. The van der Waals surface area contributed by atoms with Gasteiger partial charge in [-0.15, -0.1) is 0 Å². The van der Waals surface area contributed by atoms with Crippen LogP contribution in [0.1, 0.15) is 47.4 Å². The van der Waals surface area contributed by atoms with Crippen LogP contribution in [0.25, 0.3) is 11.3 Å². The lowest BCUT2D eigenvalue weighted by Crippen LogP contribution is -2.51. The first-order valence-electron chi connectivity index (χ1n) is 9.37. The Hall–Kier alpha value is -2.95. The number of ketones is 1. The van der Waals surface area contributed by atoms with Crippen molar-refractivity contribution in [1.82, 2.24) is 0 Å². The molecule has 3 nitrogen and oxygen atoms in total. The second-order valence-electron chi connectivity index (χ2n) is 7.49. The predicted octanol–water partition coefficient (Wildman–Crippen LogP) is 4.08. The lowest BCUT2D eigenvalue weighted by molar-refractivity contribution is -0.742. The van der Waals surface area contributed by atoms with E-state index in [2.05, 4.69) is 0 Å². The van der Waals surface area contributed by atoms with E-state index in [0.717, 1.165) is 17.3 Å². The molecule has 2 unspecified atom stereocenters. The monoisotopic (exact) mass is 380 g/mol. The topological polar surface area (TPSA) is 24.8 Å². The third kappa shape index (κ3) is 3.01. The second-order valence-corrected chi connectivity index (χ2v) is 7.49. The molecule has 5 heteroatoms. The Bertz CT molecular complexity index is 1090. The molecule has 0 aliphatic carbocycles. The van der Waals surface area contributed by atoms with Crippen LogP contribution in [0.15, 0.2) is 54.9 Å². The van der Waals surface area contributed by atoms with E-state index >= 15 is 0 Å². The van der Waals surface area contributed by atoms with Gasteiger partial charge in [0, 0.05) is 37.3 Å². The van der Waals surface area contributed by atoms with Crippen molar-refractivity contribution in [2.75, 3.05) is 0 Å². The summed E-state index contributed by atoms with van der Waals surface area (Å²) in [4.78, 5) is 12.1. The summed E-state index contributed by atoms with van der Waals surface area (Å²) in [6.45, 7) is 5.97. The fraction of sp³-hybridized carbons (Fsp3) is 0.261. The number of halogens is 2. The number of rotatable bonds is 3. The molecule has 0 fully saturated rings. The smallest absolute Gasteiger partial charge is 0.248 e. The minimum absolute atomic E-state index is 0.0292. The Labute approximate surface area is 162 Å². The summed E-state index contributed by atoms with van der Waals surface area (Å²) >= 11 is 0. The van der Waals surface area contributed by atoms with Crippen molar-refractivity contribution in [3.63, 3.8) is 0 Å². The molecule has 142 valence electrons. The summed E-state index contributed by atoms with van der Waals surface area (Å²) < 4.78 is 32.8. The number of carbonyl (C=O) groups excluding carboxylic acids is 1. The molecule has 3 aromatic rings. The van der Waals surface area contributed by atoms with Crippen LogP contribution in [-0.2, 0) is 6.54 Å². The molecule has 3 heterocycles. The van der Waals surface area contributed by atoms with Gasteiger partial charge in [-0.2, -0.15) is 9.13 Å². The largest absolute Gasteiger partial charge is 0.288 e. The fourth-order valence-corrected chi connectivity index (χ4v) is 4.19. The minimum Gasteiger partial charge on any atom is -0.288 e. The summed E-state index contributed by atoms with van der Waals surface area (Å²) in [5.41, 5.74) is 3.39. The molecular formula is C23H22F2N2O+2. The standard InChI is InChI=1S/C23H22F2N2O/c1-14-7-9-26(22(10-14)16(3)28)13-19-15(2)27-8-5-4-6-21(27)23-18(19)11-17(24)12-20(23)25/h4-12,15,19H,13H2,1-3H3/q+2. The normalized spacial score (nSPS) is 17.8. The van der Waals surface area contributed by atoms with Crippen molar-refractivity contribution in [1.29, 1.82) is 0 Å². The number of carbonyl (C=O) groups is 1. The number of nitrogens with zero attached hydrogens (tertiary/aromatic N) is 2. The number of benzene rings is 1. The van der Waals surface area contributed by atoms with E-state index in [4.69, 9.17) is 0 Å². The highest BCUT2D eigenvalue weighted by molar-refractivity contribution is 5.90. The van der Waals surface area contributed by atoms with Crippen LogP contribution in [0.2, 0.25) is 0 Å². The van der Waals surface area contributed by atoms with Crippen LogP contribution in [0.5, 0.6) is 0 Å². The van der Waals surface area contributed by atoms with Crippen molar-refractivity contribution in [2.45, 2.75) is 39.3 Å². The Morgan fingerprint density at radius 1 is 1.11 bits per heavy atom. The number of hydrogen-bond donors (Lipinski definition) is 0. The highest BCUT2D eigenvalue weighted by atomic mass is 19.1.